The molecule has 1 atom stereocenters. The van der Waals surface area contributed by atoms with E-state index in [-0.39, 0.29) is 24.8 Å². The number of halogens is 3. The highest BCUT2D eigenvalue weighted by atomic mass is 79.9. The van der Waals surface area contributed by atoms with Crippen molar-refractivity contribution in [3.05, 3.63) is 34.3 Å². The molecule has 1 heterocycles. The maximum atomic E-state index is 5.86. The molecule has 0 aliphatic carbocycles. The van der Waals surface area contributed by atoms with Gasteiger partial charge in [-0.2, -0.15) is 0 Å². The third kappa shape index (κ3) is 4.22. The molecule has 0 unspecified atom stereocenters. The number of hydrogen-bond acceptors (Lipinski definition) is 2. The summed E-state index contributed by atoms with van der Waals surface area (Å²) in [6.45, 7) is 3.17. The maximum absolute atomic E-state index is 5.86. The van der Waals surface area contributed by atoms with Crippen LogP contribution in [-0.4, -0.2) is 24.0 Å². The number of likely N-dealkylation sites (tertiary alicyclic amines) is 1. The smallest absolute Gasteiger partial charge is 0.0245 e. The van der Waals surface area contributed by atoms with E-state index in [1.807, 2.05) is 6.07 Å². The summed E-state index contributed by atoms with van der Waals surface area (Å²) in [5.74, 6) is 0. The van der Waals surface area contributed by atoms with Gasteiger partial charge in [0.05, 0.1) is 0 Å². The van der Waals surface area contributed by atoms with E-state index in [1.165, 1.54) is 10.0 Å². The van der Waals surface area contributed by atoms with Gasteiger partial charge in [0.2, 0.25) is 0 Å². The second kappa shape index (κ2) is 7.51. The molecule has 0 amide bonds. The van der Waals surface area contributed by atoms with Gasteiger partial charge in [-0.3, -0.25) is 4.90 Å². The maximum Gasteiger partial charge on any atom is 0.0245 e. The molecule has 2 rings (SSSR count). The number of rotatable bonds is 2. The van der Waals surface area contributed by atoms with E-state index in [0.29, 0.717) is 6.04 Å². The molecule has 0 spiro atoms. The standard InChI is InChI=1S/C11H15BrN2.2ClH/c12-11-4-2-1-3-9(11)7-14-6-5-10(13)8-14;;/h1-4,10H,5-8,13H2;2*1H/t10-;;/m1../s1. The largest absolute Gasteiger partial charge is 0.326 e. The third-order valence-corrected chi connectivity index (χ3v) is 3.43. The van der Waals surface area contributed by atoms with Gasteiger partial charge < -0.3 is 5.73 Å². The van der Waals surface area contributed by atoms with E-state index in [9.17, 15) is 0 Å². The molecule has 2 N–H and O–H groups in total. The summed E-state index contributed by atoms with van der Waals surface area (Å²) in [6, 6.07) is 8.75. The molecule has 0 bridgehead atoms. The van der Waals surface area contributed by atoms with E-state index in [2.05, 4.69) is 39.0 Å². The quantitative estimate of drug-likeness (QED) is 0.905. The van der Waals surface area contributed by atoms with E-state index in [0.717, 1.165) is 26.1 Å². The molecular formula is C11H17BrCl2N2. The van der Waals surface area contributed by atoms with Crippen molar-refractivity contribution in [2.45, 2.75) is 19.0 Å². The van der Waals surface area contributed by atoms with Crippen LogP contribution in [0.1, 0.15) is 12.0 Å². The molecule has 1 aromatic carbocycles. The van der Waals surface area contributed by atoms with E-state index >= 15 is 0 Å². The highest BCUT2D eigenvalue weighted by Gasteiger charge is 2.19. The van der Waals surface area contributed by atoms with Crippen molar-refractivity contribution in [1.82, 2.24) is 4.90 Å². The minimum Gasteiger partial charge on any atom is -0.326 e. The summed E-state index contributed by atoms with van der Waals surface area (Å²) in [7, 11) is 0. The molecule has 16 heavy (non-hydrogen) atoms. The van der Waals surface area contributed by atoms with Crippen LogP contribution in [0.15, 0.2) is 28.7 Å². The van der Waals surface area contributed by atoms with Gasteiger partial charge in [-0.15, -0.1) is 24.8 Å². The fraction of sp³-hybridized carbons (Fsp3) is 0.455. The molecule has 1 saturated heterocycles. The molecule has 0 aromatic heterocycles. The number of benzene rings is 1. The highest BCUT2D eigenvalue weighted by molar-refractivity contribution is 9.10. The molecule has 5 heteroatoms. The second-order valence-electron chi connectivity index (χ2n) is 3.88. The van der Waals surface area contributed by atoms with Gasteiger partial charge in [-0.1, -0.05) is 34.1 Å². The molecule has 2 nitrogen and oxygen atoms in total. The van der Waals surface area contributed by atoms with E-state index < -0.39 is 0 Å². The molecular weight excluding hydrogens is 311 g/mol. The second-order valence-corrected chi connectivity index (χ2v) is 4.73. The van der Waals surface area contributed by atoms with Gasteiger partial charge in [-0.25, -0.2) is 0 Å². The Morgan fingerprint density at radius 2 is 2.00 bits per heavy atom. The summed E-state index contributed by atoms with van der Waals surface area (Å²) in [5.41, 5.74) is 7.21. The molecule has 0 saturated carbocycles. The average Bonchev–Trinajstić information content (AvgIpc) is 2.56. The van der Waals surface area contributed by atoms with Crippen molar-refractivity contribution in [2.24, 2.45) is 5.73 Å². The van der Waals surface area contributed by atoms with E-state index in [1.54, 1.807) is 0 Å². The van der Waals surface area contributed by atoms with Crippen LogP contribution in [0.2, 0.25) is 0 Å². The first-order valence-corrected chi connectivity index (χ1v) is 5.76. The monoisotopic (exact) mass is 326 g/mol. The Labute approximate surface area is 118 Å². The number of hydrogen-bond donors (Lipinski definition) is 1. The molecule has 0 radical (unpaired) electrons. The fourth-order valence-electron chi connectivity index (χ4n) is 1.87. The Hall–Kier alpha value is 0.200. The van der Waals surface area contributed by atoms with Crippen molar-refractivity contribution in [2.75, 3.05) is 13.1 Å². The predicted molar refractivity (Wildman–Crippen MR) is 76.5 cm³/mol. The Balaban J connectivity index is 0.00000112. The Bertz CT molecular complexity index is 323. The van der Waals surface area contributed by atoms with Gasteiger partial charge in [0, 0.05) is 30.1 Å². The van der Waals surface area contributed by atoms with E-state index in [4.69, 9.17) is 5.73 Å². The van der Waals surface area contributed by atoms with Crippen LogP contribution in [0.25, 0.3) is 0 Å². The van der Waals surface area contributed by atoms with Crippen LogP contribution in [0.3, 0.4) is 0 Å². The van der Waals surface area contributed by atoms with Crippen molar-refractivity contribution in [3.63, 3.8) is 0 Å². The number of nitrogens with zero attached hydrogens (tertiary/aromatic N) is 1. The topological polar surface area (TPSA) is 29.3 Å². The van der Waals surface area contributed by atoms with Gasteiger partial charge in [-0.05, 0) is 18.1 Å². The minimum atomic E-state index is 0. The van der Waals surface area contributed by atoms with Crippen LogP contribution >= 0.6 is 40.7 Å². The van der Waals surface area contributed by atoms with Gasteiger partial charge in [0.1, 0.15) is 0 Å². The van der Waals surface area contributed by atoms with Crippen molar-refractivity contribution in [3.8, 4) is 0 Å². The van der Waals surface area contributed by atoms with Gasteiger partial charge in [0.15, 0.2) is 0 Å². The molecule has 1 aliphatic heterocycles. The summed E-state index contributed by atoms with van der Waals surface area (Å²) in [4.78, 5) is 2.41. The first-order valence-electron chi connectivity index (χ1n) is 4.97. The summed E-state index contributed by atoms with van der Waals surface area (Å²) < 4.78 is 1.19. The Kier molecular flexibility index (Phi) is 7.61. The van der Waals surface area contributed by atoms with Gasteiger partial charge in [0.25, 0.3) is 0 Å². The summed E-state index contributed by atoms with van der Waals surface area (Å²) in [6.07, 6.45) is 1.13. The van der Waals surface area contributed by atoms with Crippen molar-refractivity contribution >= 4 is 40.7 Å². The third-order valence-electron chi connectivity index (χ3n) is 2.66. The average molecular weight is 328 g/mol. The SMILES string of the molecule is Cl.Cl.N[C@@H]1CCN(Cc2ccccc2Br)C1. The van der Waals surface area contributed by atoms with Crippen molar-refractivity contribution < 1.29 is 0 Å². The van der Waals surface area contributed by atoms with Crippen molar-refractivity contribution in [1.29, 1.82) is 0 Å². The van der Waals surface area contributed by atoms with Gasteiger partial charge >= 0.3 is 0 Å². The zero-order valence-corrected chi connectivity index (χ0v) is 12.2. The predicted octanol–water partition coefficient (Wildman–Crippen LogP) is 2.83. The molecule has 1 aliphatic rings. The molecule has 1 aromatic rings. The lowest BCUT2D eigenvalue weighted by atomic mass is 10.2. The first kappa shape index (κ1) is 16.2. The highest BCUT2D eigenvalue weighted by Crippen LogP contribution is 2.19. The zero-order valence-electron chi connectivity index (χ0n) is 8.93. The van der Waals surface area contributed by atoms with Crippen LogP contribution < -0.4 is 5.73 Å². The fourth-order valence-corrected chi connectivity index (χ4v) is 2.28. The minimum absolute atomic E-state index is 0. The summed E-state index contributed by atoms with van der Waals surface area (Å²) >= 11 is 3.56. The lowest BCUT2D eigenvalue weighted by Crippen LogP contribution is -2.26. The van der Waals surface area contributed by atoms with Crippen LogP contribution in [0, 0.1) is 0 Å². The Morgan fingerprint density at radius 1 is 1.31 bits per heavy atom. The first-order chi connectivity index (χ1) is 6.75. The number of nitrogens with two attached hydrogens (primary N) is 1. The lowest BCUT2D eigenvalue weighted by molar-refractivity contribution is 0.326. The zero-order chi connectivity index (χ0) is 9.97. The normalized spacial score (nSPS) is 20.0. The molecule has 1 fully saturated rings. The van der Waals surface area contributed by atoms with Crippen LogP contribution in [-0.2, 0) is 6.54 Å². The molecule has 92 valence electrons. The lowest BCUT2D eigenvalue weighted by Gasteiger charge is -2.15. The van der Waals surface area contributed by atoms with Crippen LogP contribution in [0.4, 0.5) is 0 Å². The van der Waals surface area contributed by atoms with Crippen LogP contribution in [0.5, 0.6) is 0 Å². The summed E-state index contributed by atoms with van der Waals surface area (Å²) in [5, 5.41) is 0. The Morgan fingerprint density at radius 3 is 2.56 bits per heavy atom.